The molecule has 0 amide bonds. The van der Waals surface area contributed by atoms with Crippen LogP contribution in [0.15, 0.2) is 0 Å². The summed E-state index contributed by atoms with van der Waals surface area (Å²) in [5, 5.41) is 0. The van der Waals surface area contributed by atoms with Crippen LogP contribution in [0.3, 0.4) is 0 Å². The monoisotopic (exact) mass is 278 g/mol. The zero-order valence-corrected chi connectivity index (χ0v) is 15.0. The van der Waals surface area contributed by atoms with Gasteiger partial charge in [-0.3, -0.25) is 0 Å². The van der Waals surface area contributed by atoms with Crippen LogP contribution in [0.5, 0.6) is 0 Å². The van der Waals surface area contributed by atoms with Crippen molar-refractivity contribution in [2.45, 2.75) is 85.3 Å². The molecule has 0 fully saturated rings. The Morgan fingerprint density at radius 2 is 1.06 bits per heavy atom. The lowest BCUT2D eigenvalue weighted by molar-refractivity contribution is -0.497. The summed E-state index contributed by atoms with van der Waals surface area (Å²) >= 11 is 0. The van der Waals surface area contributed by atoms with Crippen LogP contribution in [0, 0.1) is 0 Å². The number of hydrogen-bond donors (Lipinski definition) is 0. The fraction of sp³-hybridized carbons (Fsp3) is 1.00. The summed E-state index contributed by atoms with van der Waals surface area (Å²) in [4.78, 5) is 0. The van der Waals surface area contributed by atoms with Gasteiger partial charge in [-0.1, -0.05) is 20.8 Å². The lowest BCUT2D eigenvalue weighted by Crippen LogP contribution is -2.47. The van der Waals surface area contributed by atoms with Crippen molar-refractivity contribution in [3.63, 3.8) is 0 Å². The smallest absolute Gasteiger partial charge is 0.357 e. The molecule has 0 saturated carbocycles. The van der Waals surface area contributed by atoms with Crippen molar-refractivity contribution in [2.75, 3.05) is 0 Å². The fourth-order valence-corrected chi connectivity index (χ4v) is 1.51. The van der Waals surface area contributed by atoms with Gasteiger partial charge >= 0.3 is 6.16 Å². The van der Waals surface area contributed by atoms with Gasteiger partial charge in [0.05, 0.1) is 18.3 Å². The normalized spacial score (nSPS) is 20.3. The third kappa shape index (κ3) is 6.29. The Bertz CT molecular complexity index is 182. The van der Waals surface area contributed by atoms with Crippen LogP contribution in [0.25, 0.3) is 0 Å². The summed E-state index contributed by atoms with van der Waals surface area (Å²) in [5.74, 6) is 0. The Balaban J connectivity index is 4.81. The van der Waals surface area contributed by atoms with Crippen molar-refractivity contribution >= 4 is 10.5 Å². The molecule has 110 valence electrons. The highest BCUT2D eigenvalue weighted by molar-refractivity contribution is 5.98. The summed E-state index contributed by atoms with van der Waals surface area (Å²) in [7, 11) is 0.495. The molecule has 3 unspecified atom stereocenters. The van der Waals surface area contributed by atoms with Crippen molar-refractivity contribution < 1.29 is 18.6 Å². The number of rotatable bonds is 10. The van der Waals surface area contributed by atoms with E-state index >= 15 is 0 Å². The first-order valence-corrected chi connectivity index (χ1v) is 7.83. The summed E-state index contributed by atoms with van der Waals surface area (Å²) in [6.07, 6.45) is 1.44. The highest BCUT2D eigenvalue weighted by Crippen LogP contribution is 2.25. The Labute approximate surface area is 115 Å². The van der Waals surface area contributed by atoms with Crippen molar-refractivity contribution in [1.82, 2.24) is 0 Å². The van der Waals surface area contributed by atoms with E-state index in [-0.39, 0.29) is 18.3 Å². The first-order chi connectivity index (χ1) is 8.42. The zero-order chi connectivity index (χ0) is 14.2. The fourth-order valence-electron chi connectivity index (χ4n) is 1.22. The second-order valence-corrected chi connectivity index (χ2v) is 5.12. The van der Waals surface area contributed by atoms with Crippen molar-refractivity contribution in [2.24, 2.45) is 0 Å². The van der Waals surface area contributed by atoms with Crippen molar-refractivity contribution in [3.8, 4) is 0 Å². The van der Waals surface area contributed by atoms with Gasteiger partial charge in [-0.25, -0.2) is 0 Å². The molecule has 0 aliphatic heterocycles. The number of ether oxygens (including phenoxy) is 3. The predicted octanol–water partition coefficient (Wildman–Crippen LogP) is 2.34. The van der Waals surface area contributed by atoms with E-state index < -0.39 is 6.16 Å². The lowest BCUT2D eigenvalue weighted by Gasteiger charge is -2.37. The Morgan fingerprint density at radius 1 is 0.778 bits per heavy atom. The second-order valence-electron chi connectivity index (χ2n) is 4.71. The maximum absolute atomic E-state index is 5.85. The average molecular weight is 278 g/mol. The molecular weight excluding hydrogens is 248 g/mol. The third-order valence-corrected chi connectivity index (χ3v) is 3.51. The van der Waals surface area contributed by atoms with Gasteiger partial charge in [0.1, 0.15) is 0 Å². The van der Waals surface area contributed by atoms with Crippen LogP contribution in [0.4, 0.5) is 0 Å². The molecule has 0 bridgehead atoms. The zero-order valence-electron chi connectivity index (χ0n) is 13.0. The molecule has 0 aliphatic rings. The van der Waals surface area contributed by atoms with E-state index in [1.807, 2.05) is 20.8 Å². The third-order valence-electron chi connectivity index (χ3n) is 3.01. The van der Waals surface area contributed by atoms with Crippen LogP contribution in [-0.2, 0) is 18.6 Å². The molecule has 0 heterocycles. The summed E-state index contributed by atoms with van der Waals surface area (Å²) in [5.41, 5.74) is 0. The van der Waals surface area contributed by atoms with E-state index in [1.54, 1.807) is 0 Å². The molecule has 0 rings (SSSR count). The molecule has 0 radical (unpaired) electrons. The molecule has 4 nitrogen and oxygen atoms in total. The highest BCUT2D eigenvalue weighted by atomic mass is 28.2. The number of hydrogen-bond acceptors (Lipinski definition) is 4. The SMILES string of the molecule is CCC(C)OC(O[SiH3])(OC(C)CC)OC(C)CC. The van der Waals surface area contributed by atoms with Gasteiger partial charge in [0, 0.05) is 0 Å². The van der Waals surface area contributed by atoms with Crippen molar-refractivity contribution in [3.05, 3.63) is 0 Å². The first kappa shape index (κ1) is 18.1. The van der Waals surface area contributed by atoms with E-state index in [9.17, 15) is 0 Å². The van der Waals surface area contributed by atoms with Gasteiger partial charge < -0.3 is 18.6 Å². The topological polar surface area (TPSA) is 36.9 Å². The molecule has 0 spiro atoms. The molecule has 5 heteroatoms. The van der Waals surface area contributed by atoms with E-state index in [1.165, 1.54) is 0 Å². The predicted molar refractivity (Wildman–Crippen MR) is 76.3 cm³/mol. The summed E-state index contributed by atoms with van der Waals surface area (Å²) in [6, 6.07) is 0. The van der Waals surface area contributed by atoms with Crippen LogP contribution >= 0.6 is 0 Å². The van der Waals surface area contributed by atoms with E-state index in [4.69, 9.17) is 18.6 Å². The molecule has 18 heavy (non-hydrogen) atoms. The molecular formula is C13H30O4Si. The molecule has 0 aromatic carbocycles. The van der Waals surface area contributed by atoms with Crippen LogP contribution in [0.2, 0.25) is 0 Å². The lowest BCUT2D eigenvalue weighted by atomic mass is 10.3. The quantitative estimate of drug-likeness (QED) is 0.454. The van der Waals surface area contributed by atoms with Crippen LogP contribution in [0.1, 0.15) is 60.8 Å². The van der Waals surface area contributed by atoms with Gasteiger partial charge in [0.15, 0.2) is 10.5 Å². The summed E-state index contributed by atoms with van der Waals surface area (Å²) < 4.78 is 23.1. The van der Waals surface area contributed by atoms with Gasteiger partial charge in [-0.2, -0.15) is 0 Å². The minimum Gasteiger partial charge on any atom is -0.357 e. The van der Waals surface area contributed by atoms with Crippen LogP contribution < -0.4 is 0 Å². The summed E-state index contributed by atoms with van der Waals surface area (Å²) in [6.45, 7) is 12.2. The maximum atomic E-state index is 5.85. The van der Waals surface area contributed by atoms with E-state index in [0.717, 1.165) is 19.3 Å². The molecule has 0 saturated heterocycles. The van der Waals surface area contributed by atoms with Crippen LogP contribution in [-0.4, -0.2) is 35.0 Å². The Morgan fingerprint density at radius 3 is 1.22 bits per heavy atom. The van der Waals surface area contributed by atoms with E-state index in [0.29, 0.717) is 10.5 Å². The second kappa shape index (κ2) is 9.04. The molecule has 0 aromatic rings. The van der Waals surface area contributed by atoms with Gasteiger partial charge in [-0.05, 0) is 40.0 Å². The Kier molecular flexibility index (Phi) is 9.07. The molecule has 3 atom stereocenters. The first-order valence-electron chi connectivity index (χ1n) is 7.01. The standard InChI is InChI=1S/C13H30O4Si/c1-7-10(4)14-13(17-18,15-11(5)8-2)16-12(6)9-3/h10-12H,7-9H2,1-6,18H3. The van der Waals surface area contributed by atoms with Gasteiger partial charge in [0.25, 0.3) is 0 Å². The average Bonchev–Trinajstić information content (AvgIpc) is 2.37. The molecule has 0 aromatic heterocycles. The minimum absolute atomic E-state index is 0.0343. The highest BCUT2D eigenvalue weighted by Gasteiger charge is 2.38. The van der Waals surface area contributed by atoms with Gasteiger partial charge in [-0.15, -0.1) is 0 Å². The maximum Gasteiger partial charge on any atom is 0.402 e. The van der Waals surface area contributed by atoms with E-state index in [2.05, 4.69) is 20.8 Å². The largest absolute Gasteiger partial charge is 0.402 e. The van der Waals surface area contributed by atoms with Gasteiger partial charge in [0.2, 0.25) is 0 Å². The van der Waals surface area contributed by atoms with Crippen molar-refractivity contribution in [1.29, 1.82) is 0 Å². The molecule has 0 aliphatic carbocycles. The minimum atomic E-state index is -1.33. The Hall–Kier alpha value is 0.0569. The molecule has 0 N–H and O–H groups in total.